The summed E-state index contributed by atoms with van der Waals surface area (Å²) in [6.45, 7) is 17.3. The van der Waals surface area contributed by atoms with Gasteiger partial charge in [0.05, 0.1) is 0 Å². The molecule has 0 aromatic heterocycles. The second-order valence-corrected chi connectivity index (χ2v) is 4.74. The van der Waals surface area contributed by atoms with Crippen molar-refractivity contribution in [3.05, 3.63) is 0 Å². The second-order valence-electron chi connectivity index (χ2n) is 4.74. The van der Waals surface area contributed by atoms with Gasteiger partial charge in [-0.05, 0) is 43.8 Å². The lowest BCUT2D eigenvalue weighted by atomic mass is 9.72. The minimum Gasteiger partial charge on any atom is -0.304 e. The quantitative estimate of drug-likeness (QED) is 0.654. The van der Waals surface area contributed by atoms with Crippen LogP contribution in [0, 0.1) is 11.3 Å². The van der Waals surface area contributed by atoms with E-state index in [1.165, 1.54) is 32.5 Å². The van der Waals surface area contributed by atoms with Gasteiger partial charge in [0, 0.05) is 0 Å². The average molecular weight is 199 g/mol. The SMILES string of the molecule is CC.CCN1CCC(C)(C(C)C)CC1. The largest absolute Gasteiger partial charge is 0.304 e. The molecular formula is C13H29N. The lowest BCUT2D eigenvalue weighted by molar-refractivity contribution is 0.0815. The number of likely N-dealkylation sites (tertiary alicyclic amines) is 1. The highest BCUT2D eigenvalue weighted by Crippen LogP contribution is 2.37. The summed E-state index contributed by atoms with van der Waals surface area (Å²) in [4.78, 5) is 2.56. The molecular weight excluding hydrogens is 170 g/mol. The van der Waals surface area contributed by atoms with Crippen LogP contribution in [0.1, 0.15) is 54.4 Å². The van der Waals surface area contributed by atoms with Crippen molar-refractivity contribution >= 4 is 0 Å². The van der Waals surface area contributed by atoms with E-state index < -0.39 is 0 Å². The maximum absolute atomic E-state index is 2.56. The average Bonchev–Trinajstić information content (AvgIpc) is 2.22. The van der Waals surface area contributed by atoms with Gasteiger partial charge in [-0.2, -0.15) is 0 Å². The van der Waals surface area contributed by atoms with Crippen LogP contribution in [0.5, 0.6) is 0 Å². The van der Waals surface area contributed by atoms with Crippen molar-refractivity contribution in [3.63, 3.8) is 0 Å². The maximum Gasteiger partial charge on any atom is -0.00136 e. The van der Waals surface area contributed by atoms with Crippen LogP contribution in [-0.4, -0.2) is 24.5 Å². The monoisotopic (exact) mass is 199 g/mol. The van der Waals surface area contributed by atoms with Crippen molar-refractivity contribution in [2.24, 2.45) is 11.3 Å². The van der Waals surface area contributed by atoms with E-state index in [-0.39, 0.29) is 0 Å². The normalized spacial score (nSPS) is 21.6. The minimum atomic E-state index is 0.617. The van der Waals surface area contributed by atoms with E-state index in [0.717, 1.165) is 5.92 Å². The highest BCUT2D eigenvalue weighted by Gasteiger charge is 2.31. The first-order valence-electron chi connectivity index (χ1n) is 6.31. The first-order chi connectivity index (χ1) is 6.58. The lowest BCUT2D eigenvalue weighted by Gasteiger charge is -2.41. The van der Waals surface area contributed by atoms with Gasteiger partial charge in [0.1, 0.15) is 0 Å². The van der Waals surface area contributed by atoms with Crippen LogP contribution >= 0.6 is 0 Å². The predicted octanol–water partition coefficient (Wildman–Crippen LogP) is 3.79. The summed E-state index contributed by atoms with van der Waals surface area (Å²) in [7, 11) is 0. The molecule has 0 N–H and O–H groups in total. The molecule has 1 aliphatic heterocycles. The molecule has 0 atom stereocenters. The van der Waals surface area contributed by atoms with Gasteiger partial charge in [-0.25, -0.2) is 0 Å². The highest BCUT2D eigenvalue weighted by molar-refractivity contribution is 4.84. The van der Waals surface area contributed by atoms with E-state index in [9.17, 15) is 0 Å². The molecule has 1 fully saturated rings. The molecule has 0 spiro atoms. The summed E-state index contributed by atoms with van der Waals surface area (Å²) in [5.41, 5.74) is 0.617. The number of hydrogen-bond donors (Lipinski definition) is 0. The summed E-state index contributed by atoms with van der Waals surface area (Å²) < 4.78 is 0. The first kappa shape index (κ1) is 14.0. The Morgan fingerprint density at radius 2 is 1.57 bits per heavy atom. The molecule has 1 aliphatic rings. The molecule has 1 saturated heterocycles. The van der Waals surface area contributed by atoms with Gasteiger partial charge in [0.2, 0.25) is 0 Å². The summed E-state index contributed by atoms with van der Waals surface area (Å²) >= 11 is 0. The van der Waals surface area contributed by atoms with Crippen molar-refractivity contribution in [1.29, 1.82) is 0 Å². The molecule has 0 aliphatic carbocycles. The van der Waals surface area contributed by atoms with Crippen LogP contribution in [0.15, 0.2) is 0 Å². The lowest BCUT2D eigenvalue weighted by Crippen LogP contribution is -2.40. The standard InChI is InChI=1S/C11H23N.C2H6/c1-5-12-8-6-11(4,7-9-12)10(2)3;1-2/h10H,5-9H2,1-4H3;1-2H3. The van der Waals surface area contributed by atoms with Gasteiger partial charge in [-0.1, -0.05) is 41.5 Å². The Balaban J connectivity index is 0.000000791. The van der Waals surface area contributed by atoms with Gasteiger partial charge < -0.3 is 4.90 Å². The summed E-state index contributed by atoms with van der Waals surface area (Å²) in [5, 5.41) is 0. The zero-order valence-electron chi connectivity index (χ0n) is 11.1. The van der Waals surface area contributed by atoms with E-state index in [2.05, 4.69) is 32.6 Å². The zero-order valence-corrected chi connectivity index (χ0v) is 11.1. The van der Waals surface area contributed by atoms with Crippen LogP contribution in [0.2, 0.25) is 0 Å². The Kier molecular flexibility index (Phi) is 6.43. The Labute approximate surface area is 90.9 Å². The number of piperidine rings is 1. The van der Waals surface area contributed by atoms with Gasteiger partial charge in [0.25, 0.3) is 0 Å². The molecule has 1 heteroatoms. The number of hydrogen-bond acceptors (Lipinski definition) is 1. The highest BCUT2D eigenvalue weighted by atomic mass is 15.1. The number of nitrogens with zero attached hydrogens (tertiary/aromatic N) is 1. The Hall–Kier alpha value is -0.0400. The molecule has 1 rings (SSSR count). The zero-order chi connectivity index (χ0) is 11.2. The van der Waals surface area contributed by atoms with Crippen molar-refractivity contribution in [2.45, 2.75) is 54.4 Å². The Morgan fingerprint density at radius 1 is 1.14 bits per heavy atom. The molecule has 0 aromatic carbocycles. The predicted molar refractivity (Wildman–Crippen MR) is 65.6 cm³/mol. The molecule has 0 unspecified atom stereocenters. The molecule has 0 radical (unpaired) electrons. The van der Waals surface area contributed by atoms with Gasteiger partial charge in [0.15, 0.2) is 0 Å². The molecule has 0 aromatic rings. The molecule has 0 saturated carbocycles. The molecule has 0 bridgehead atoms. The second kappa shape index (κ2) is 6.44. The number of rotatable bonds is 2. The molecule has 1 nitrogen and oxygen atoms in total. The van der Waals surface area contributed by atoms with Crippen molar-refractivity contribution in [1.82, 2.24) is 4.90 Å². The Morgan fingerprint density at radius 3 is 1.86 bits per heavy atom. The van der Waals surface area contributed by atoms with Crippen LogP contribution < -0.4 is 0 Å². The van der Waals surface area contributed by atoms with Crippen molar-refractivity contribution in [3.8, 4) is 0 Å². The van der Waals surface area contributed by atoms with Gasteiger partial charge >= 0.3 is 0 Å². The third-order valence-corrected chi connectivity index (χ3v) is 3.84. The maximum atomic E-state index is 2.56. The molecule has 14 heavy (non-hydrogen) atoms. The fourth-order valence-corrected chi connectivity index (χ4v) is 1.96. The van der Waals surface area contributed by atoms with E-state index >= 15 is 0 Å². The van der Waals surface area contributed by atoms with E-state index in [1.807, 2.05) is 13.8 Å². The summed E-state index contributed by atoms with van der Waals surface area (Å²) in [5.74, 6) is 0.844. The fourth-order valence-electron chi connectivity index (χ4n) is 1.96. The topological polar surface area (TPSA) is 3.24 Å². The van der Waals surface area contributed by atoms with Crippen LogP contribution in [0.3, 0.4) is 0 Å². The third kappa shape index (κ3) is 3.61. The van der Waals surface area contributed by atoms with Gasteiger partial charge in [-0.15, -0.1) is 0 Å². The van der Waals surface area contributed by atoms with E-state index in [0.29, 0.717) is 5.41 Å². The molecule has 86 valence electrons. The van der Waals surface area contributed by atoms with Crippen LogP contribution in [0.4, 0.5) is 0 Å². The van der Waals surface area contributed by atoms with E-state index in [4.69, 9.17) is 0 Å². The summed E-state index contributed by atoms with van der Waals surface area (Å²) in [6.07, 6.45) is 2.77. The van der Waals surface area contributed by atoms with Crippen molar-refractivity contribution in [2.75, 3.05) is 19.6 Å². The fraction of sp³-hybridized carbons (Fsp3) is 1.00. The minimum absolute atomic E-state index is 0.617. The van der Waals surface area contributed by atoms with E-state index in [1.54, 1.807) is 0 Å². The van der Waals surface area contributed by atoms with Gasteiger partial charge in [-0.3, -0.25) is 0 Å². The van der Waals surface area contributed by atoms with Crippen LogP contribution in [0.25, 0.3) is 0 Å². The third-order valence-electron chi connectivity index (χ3n) is 3.84. The Bertz CT molecular complexity index is 132. The van der Waals surface area contributed by atoms with Crippen LogP contribution in [-0.2, 0) is 0 Å². The van der Waals surface area contributed by atoms with Crippen molar-refractivity contribution < 1.29 is 0 Å². The first-order valence-corrected chi connectivity index (χ1v) is 6.31. The smallest absolute Gasteiger partial charge is 0.00136 e. The molecule has 0 amide bonds. The summed E-state index contributed by atoms with van der Waals surface area (Å²) in [6, 6.07) is 0. The molecule has 1 heterocycles.